The van der Waals surface area contributed by atoms with Crippen molar-refractivity contribution in [2.24, 2.45) is 0 Å². The second kappa shape index (κ2) is 6.31. The van der Waals surface area contributed by atoms with Gasteiger partial charge in [-0.05, 0) is 48.9 Å². The maximum atomic E-state index is 12.9. The third-order valence-electron chi connectivity index (χ3n) is 5.45. The van der Waals surface area contributed by atoms with Crippen molar-refractivity contribution in [3.63, 3.8) is 0 Å². The number of carbonyl (C=O) groups is 1. The summed E-state index contributed by atoms with van der Waals surface area (Å²) in [5.41, 5.74) is 5.29. The van der Waals surface area contributed by atoms with Crippen LogP contribution < -0.4 is 4.90 Å². The smallest absolute Gasteiger partial charge is 0.242 e. The number of nitrogens with zero attached hydrogens (tertiary/aromatic N) is 2. The van der Waals surface area contributed by atoms with Crippen LogP contribution in [0.2, 0.25) is 0 Å². The van der Waals surface area contributed by atoms with Crippen molar-refractivity contribution in [1.29, 1.82) is 0 Å². The minimum Gasteiger partial charge on any atom is -0.359 e. The number of amides is 1. The molecule has 0 saturated heterocycles. The molecule has 0 fully saturated rings. The van der Waals surface area contributed by atoms with E-state index in [2.05, 4.69) is 60.4 Å². The highest BCUT2D eigenvalue weighted by molar-refractivity contribution is 5.82. The number of carbonyl (C=O) groups excluding carboxylic acids is 1. The summed E-state index contributed by atoms with van der Waals surface area (Å²) in [5.74, 6) is 0.244. The molecule has 0 unspecified atom stereocenters. The van der Waals surface area contributed by atoms with Gasteiger partial charge in [-0.1, -0.05) is 42.5 Å². The topological polar surface area (TPSA) is 23.6 Å². The van der Waals surface area contributed by atoms with Crippen molar-refractivity contribution in [1.82, 2.24) is 4.90 Å². The second-order valence-electron chi connectivity index (χ2n) is 6.98. The third-order valence-corrected chi connectivity index (χ3v) is 5.45. The van der Waals surface area contributed by atoms with Crippen LogP contribution in [-0.2, 0) is 24.2 Å². The van der Waals surface area contributed by atoms with Gasteiger partial charge in [0.15, 0.2) is 0 Å². The Labute approximate surface area is 143 Å². The molecule has 1 amide bonds. The lowest BCUT2D eigenvalue weighted by molar-refractivity contribution is -0.130. The molecule has 24 heavy (non-hydrogen) atoms. The zero-order valence-electron chi connectivity index (χ0n) is 14.2. The van der Waals surface area contributed by atoms with E-state index in [9.17, 15) is 4.79 Å². The quantitative estimate of drug-likeness (QED) is 0.846. The Hall–Kier alpha value is -2.29. The highest BCUT2D eigenvalue weighted by Gasteiger charge is 2.27. The fourth-order valence-electron chi connectivity index (χ4n) is 3.96. The summed E-state index contributed by atoms with van der Waals surface area (Å²) in [5, 5.41) is 0. The maximum absolute atomic E-state index is 12.9. The summed E-state index contributed by atoms with van der Waals surface area (Å²) in [6.45, 7) is 4.30. The van der Waals surface area contributed by atoms with Crippen LogP contribution in [0.15, 0.2) is 48.5 Å². The first-order valence-corrected chi connectivity index (χ1v) is 8.91. The van der Waals surface area contributed by atoms with Crippen molar-refractivity contribution < 1.29 is 4.79 Å². The number of aryl methyl sites for hydroxylation is 1. The van der Waals surface area contributed by atoms with Crippen molar-refractivity contribution in [3.05, 3.63) is 65.2 Å². The molecule has 2 aromatic carbocycles. The number of rotatable bonds is 2. The molecule has 0 N–H and O–H groups in total. The molecule has 0 bridgehead atoms. The van der Waals surface area contributed by atoms with Crippen molar-refractivity contribution >= 4 is 11.6 Å². The molecule has 124 valence electrons. The van der Waals surface area contributed by atoms with Gasteiger partial charge in [0.2, 0.25) is 5.91 Å². The molecule has 0 spiro atoms. The lowest BCUT2D eigenvalue weighted by Crippen LogP contribution is -2.47. The molecule has 0 radical (unpaired) electrons. The zero-order chi connectivity index (χ0) is 16.5. The van der Waals surface area contributed by atoms with E-state index >= 15 is 0 Å². The van der Waals surface area contributed by atoms with Crippen LogP contribution in [0.3, 0.4) is 0 Å². The summed E-state index contributed by atoms with van der Waals surface area (Å²) in [4.78, 5) is 17.2. The molecule has 2 heterocycles. The predicted octanol–water partition coefficient (Wildman–Crippen LogP) is 3.41. The Kier molecular flexibility index (Phi) is 4.01. The number of benzene rings is 2. The van der Waals surface area contributed by atoms with Gasteiger partial charge in [-0.2, -0.15) is 0 Å². The molecule has 4 rings (SSSR count). The standard InChI is InChI=1S/C21H24N2O/c1-16-10-11-18-7-4-5-9-20(18)23(16)15-21(24)22-13-12-17-6-2-3-8-19(17)14-22/h2-9,16H,10-15H2,1H3/t16-/m0/s1. The van der Waals surface area contributed by atoms with Crippen molar-refractivity contribution in [2.45, 2.75) is 38.8 Å². The van der Waals surface area contributed by atoms with Crippen molar-refractivity contribution in [2.75, 3.05) is 18.0 Å². The average molecular weight is 320 g/mol. The Morgan fingerprint density at radius 2 is 1.71 bits per heavy atom. The van der Waals surface area contributed by atoms with E-state index in [-0.39, 0.29) is 5.91 Å². The molecule has 1 atom stereocenters. The van der Waals surface area contributed by atoms with Gasteiger partial charge in [-0.15, -0.1) is 0 Å². The van der Waals surface area contributed by atoms with Gasteiger partial charge in [-0.3, -0.25) is 4.79 Å². The highest BCUT2D eigenvalue weighted by atomic mass is 16.2. The average Bonchev–Trinajstić information content (AvgIpc) is 2.63. The van der Waals surface area contributed by atoms with E-state index in [1.165, 1.54) is 22.4 Å². The van der Waals surface area contributed by atoms with Crippen LogP contribution in [0.5, 0.6) is 0 Å². The minimum absolute atomic E-state index is 0.244. The SMILES string of the molecule is C[C@H]1CCc2ccccc2N1CC(=O)N1CCc2ccccc2C1. The van der Waals surface area contributed by atoms with E-state index in [4.69, 9.17) is 0 Å². The number of hydrogen-bond donors (Lipinski definition) is 0. The highest BCUT2D eigenvalue weighted by Crippen LogP contribution is 2.30. The van der Waals surface area contributed by atoms with Crippen LogP contribution in [0.4, 0.5) is 5.69 Å². The number of fused-ring (bicyclic) bond motifs is 2. The molecule has 3 heteroatoms. The normalized spacial score (nSPS) is 19.6. The first-order chi connectivity index (χ1) is 11.7. The van der Waals surface area contributed by atoms with E-state index in [1.807, 2.05) is 4.90 Å². The summed E-state index contributed by atoms with van der Waals surface area (Å²) in [6.07, 6.45) is 3.19. The van der Waals surface area contributed by atoms with Crippen LogP contribution >= 0.6 is 0 Å². The Bertz CT molecular complexity index is 755. The van der Waals surface area contributed by atoms with Gasteiger partial charge in [0.1, 0.15) is 0 Å². The Morgan fingerprint density at radius 3 is 2.54 bits per heavy atom. The van der Waals surface area contributed by atoms with Crippen LogP contribution in [0.25, 0.3) is 0 Å². The van der Waals surface area contributed by atoms with Crippen LogP contribution in [0, 0.1) is 0 Å². The summed E-state index contributed by atoms with van der Waals surface area (Å²) < 4.78 is 0. The van der Waals surface area contributed by atoms with Gasteiger partial charge in [0.25, 0.3) is 0 Å². The fourth-order valence-corrected chi connectivity index (χ4v) is 3.96. The van der Waals surface area contributed by atoms with Gasteiger partial charge in [0.05, 0.1) is 6.54 Å². The molecular formula is C21H24N2O. The van der Waals surface area contributed by atoms with Crippen LogP contribution in [0.1, 0.15) is 30.0 Å². The minimum atomic E-state index is 0.244. The van der Waals surface area contributed by atoms with E-state index in [0.717, 1.165) is 32.4 Å². The lowest BCUT2D eigenvalue weighted by Gasteiger charge is -2.38. The largest absolute Gasteiger partial charge is 0.359 e. The molecule has 2 aromatic rings. The molecule has 0 saturated carbocycles. The molecule has 2 aliphatic heterocycles. The van der Waals surface area contributed by atoms with E-state index < -0.39 is 0 Å². The monoisotopic (exact) mass is 320 g/mol. The van der Waals surface area contributed by atoms with Crippen molar-refractivity contribution in [3.8, 4) is 0 Å². The Balaban J connectivity index is 1.51. The fraction of sp³-hybridized carbons (Fsp3) is 0.381. The third kappa shape index (κ3) is 2.79. The predicted molar refractivity (Wildman–Crippen MR) is 97.1 cm³/mol. The molecule has 0 aromatic heterocycles. The lowest BCUT2D eigenvalue weighted by atomic mass is 9.96. The number of anilines is 1. The summed E-state index contributed by atoms with van der Waals surface area (Å²) in [6, 6.07) is 17.4. The summed E-state index contributed by atoms with van der Waals surface area (Å²) in [7, 11) is 0. The first kappa shape index (κ1) is 15.3. The number of para-hydroxylation sites is 1. The molecule has 0 aliphatic carbocycles. The van der Waals surface area contributed by atoms with E-state index in [0.29, 0.717) is 12.6 Å². The van der Waals surface area contributed by atoms with Gasteiger partial charge in [-0.25, -0.2) is 0 Å². The van der Waals surface area contributed by atoms with Gasteiger partial charge in [0, 0.05) is 24.8 Å². The first-order valence-electron chi connectivity index (χ1n) is 8.91. The molecule has 3 nitrogen and oxygen atoms in total. The van der Waals surface area contributed by atoms with Gasteiger partial charge >= 0.3 is 0 Å². The molecule has 2 aliphatic rings. The molecular weight excluding hydrogens is 296 g/mol. The Morgan fingerprint density at radius 1 is 1.00 bits per heavy atom. The van der Waals surface area contributed by atoms with Gasteiger partial charge < -0.3 is 9.80 Å². The zero-order valence-corrected chi connectivity index (χ0v) is 14.2. The van der Waals surface area contributed by atoms with E-state index in [1.54, 1.807) is 0 Å². The summed E-state index contributed by atoms with van der Waals surface area (Å²) >= 11 is 0. The van der Waals surface area contributed by atoms with Crippen LogP contribution in [-0.4, -0.2) is 29.9 Å². The second-order valence-corrected chi connectivity index (χ2v) is 6.98. The number of hydrogen-bond acceptors (Lipinski definition) is 2. The maximum Gasteiger partial charge on any atom is 0.242 e.